The predicted molar refractivity (Wildman–Crippen MR) is 75.0 cm³/mol. The van der Waals surface area contributed by atoms with Gasteiger partial charge in [-0.1, -0.05) is 39.0 Å². The normalized spacial score (nSPS) is 21.4. The maximum Gasteiger partial charge on any atom is 0.0629 e. The van der Waals surface area contributed by atoms with Crippen LogP contribution in [0.15, 0.2) is 35.3 Å². The molecule has 0 saturated heterocycles. The molecule has 0 unspecified atom stereocenters. The van der Waals surface area contributed by atoms with Crippen molar-refractivity contribution < 1.29 is 0 Å². The molecule has 0 amide bonds. The van der Waals surface area contributed by atoms with Gasteiger partial charge in [-0.25, -0.2) is 0 Å². The van der Waals surface area contributed by atoms with Gasteiger partial charge in [0.1, 0.15) is 0 Å². The summed E-state index contributed by atoms with van der Waals surface area (Å²) in [6.45, 7) is 7.07. The molecule has 1 aliphatic carbocycles. The molecule has 1 aliphatic rings. The Bertz CT molecular complexity index is 374. The maximum atomic E-state index is 4.75. The number of para-hydroxylation sites is 1. The molecule has 0 aliphatic heterocycles. The zero-order chi connectivity index (χ0) is 12.3. The highest BCUT2D eigenvalue weighted by molar-refractivity contribution is 5.87. The van der Waals surface area contributed by atoms with Gasteiger partial charge in [-0.2, -0.15) is 0 Å². The quantitative estimate of drug-likeness (QED) is 0.643. The fourth-order valence-electron chi connectivity index (χ4n) is 2.61. The Labute approximate surface area is 105 Å². The highest BCUT2D eigenvalue weighted by atomic mass is 14.7. The van der Waals surface area contributed by atoms with E-state index in [4.69, 9.17) is 4.99 Å². The molecule has 0 spiro atoms. The molecule has 0 heterocycles. The van der Waals surface area contributed by atoms with E-state index in [1.807, 2.05) is 6.07 Å². The van der Waals surface area contributed by atoms with Crippen molar-refractivity contribution in [2.24, 2.45) is 16.3 Å². The van der Waals surface area contributed by atoms with Crippen LogP contribution in [-0.2, 0) is 0 Å². The van der Waals surface area contributed by atoms with E-state index >= 15 is 0 Å². The van der Waals surface area contributed by atoms with E-state index in [0.29, 0.717) is 5.41 Å². The first-order valence-corrected chi connectivity index (χ1v) is 6.67. The zero-order valence-corrected chi connectivity index (χ0v) is 11.2. The summed E-state index contributed by atoms with van der Waals surface area (Å²) in [5.41, 5.74) is 2.95. The standard InChI is InChI=1S/C16H23N/c1-16(2,3)13-9-11-15(12-10-13)17-14-7-5-4-6-8-14/h4-8,13H,9-12H2,1-3H3. The summed E-state index contributed by atoms with van der Waals surface area (Å²) in [4.78, 5) is 4.75. The lowest BCUT2D eigenvalue weighted by atomic mass is 9.72. The molecule has 2 rings (SSSR count). The second kappa shape index (κ2) is 5.03. The van der Waals surface area contributed by atoms with Gasteiger partial charge in [0.25, 0.3) is 0 Å². The smallest absolute Gasteiger partial charge is 0.0629 e. The first-order valence-electron chi connectivity index (χ1n) is 6.67. The van der Waals surface area contributed by atoms with Gasteiger partial charge in [-0.3, -0.25) is 4.99 Å². The van der Waals surface area contributed by atoms with Crippen molar-refractivity contribution in [3.63, 3.8) is 0 Å². The molecule has 0 N–H and O–H groups in total. The van der Waals surface area contributed by atoms with Crippen molar-refractivity contribution in [1.82, 2.24) is 0 Å². The first kappa shape index (κ1) is 12.3. The molecule has 0 radical (unpaired) electrons. The van der Waals surface area contributed by atoms with Gasteiger partial charge in [0.15, 0.2) is 0 Å². The monoisotopic (exact) mass is 229 g/mol. The molecule has 1 saturated carbocycles. The maximum absolute atomic E-state index is 4.75. The molecule has 1 aromatic rings. The minimum Gasteiger partial charge on any atom is -0.258 e. The molecule has 1 fully saturated rings. The highest BCUT2D eigenvalue weighted by Gasteiger charge is 2.27. The lowest BCUT2D eigenvalue weighted by molar-refractivity contribution is 0.208. The minimum absolute atomic E-state index is 0.457. The number of hydrogen-bond acceptors (Lipinski definition) is 1. The van der Waals surface area contributed by atoms with E-state index in [-0.39, 0.29) is 0 Å². The van der Waals surface area contributed by atoms with Crippen molar-refractivity contribution in [2.75, 3.05) is 0 Å². The van der Waals surface area contributed by atoms with E-state index in [9.17, 15) is 0 Å². The molecule has 92 valence electrons. The third kappa shape index (κ3) is 3.42. The summed E-state index contributed by atoms with van der Waals surface area (Å²) < 4.78 is 0. The van der Waals surface area contributed by atoms with Gasteiger partial charge in [0.2, 0.25) is 0 Å². The van der Waals surface area contributed by atoms with Crippen LogP contribution >= 0.6 is 0 Å². The van der Waals surface area contributed by atoms with Crippen LogP contribution in [0.2, 0.25) is 0 Å². The van der Waals surface area contributed by atoms with Gasteiger partial charge >= 0.3 is 0 Å². The Morgan fingerprint density at radius 2 is 1.59 bits per heavy atom. The summed E-state index contributed by atoms with van der Waals surface area (Å²) in [6.07, 6.45) is 4.96. The Balaban J connectivity index is 1.98. The van der Waals surface area contributed by atoms with E-state index in [0.717, 1.165) is 11.6 Å². The predicted octanol–water partition coefficient (Wildman–Crippen LogP) is 5.00. The van der Waals surface area contributed by atoms with Gasteiger partial charge in [-0.15, -0.1) is 0 Å². The zero-order valence-electron chi connectivity index (χ0n) is 11.2. The fraction of sp³-hybridized carbons (Fsp3) is 0.562. The lowest BCUT2D eigenvalue weighted by Gasteiger charge is -2.34. The largest absolute Gasteiger partial charge is 0.258 e. The Morgan fingerprint density at radius 3 is 2.12 bits per heavy atom. The Morgan fingerprint density at radius 1 is 1.00 bits per heavy atom. The van der Waals surface area contributed by atoms with Crippen LogP contribution < -0.4 is 0 Å². The van der Waals surface area contributed by atoms with Gasteiger partial charge < -0.3 is 0 Å². The van der Waals surface area contributed by atoms with E-state index in [1.165, 1.54) is 31.4 Å². The number of rotatable bonds is 1. The number of benzene rings is 1. The molecular formula is C16H23N. The molecule has 0 atom stereocenters. The second-order valence-electron chi connectivity index (χ2n) is 6.15. The van der Waals surface area contributed by atoms with E-state index < -0.39 is 0 Å². The van der Waals surface area contributed by atoms with Gasteiger partial charge in [0, 0.05) is 5.71 Å². The highest BCUT2D eigenvalue weighted by Crippen LogP contribution is 2.37. The van der Waals surface area contributed by atoms with E-state index in [1.54, 1.807) is 0 Å². The first-order chi connectivity index (χ1) is 8.05. The number of aliphatic imine (C=N–C) groups is 1. The third-order valence-corrected chi connectivity index (χ3v) is 3.83. The molecule has 17 heavy (non-hydrogen) atoms. The summed E-state index contributed by atoms with van der Waals surface area (Å²) in [7, 11) is 0. The summed E-state index contributed by atoms with van der Waals surface area (Å²) >= 11 is 0. The molecule has 0 aromatic heterocycles. The summed E-state index contributed by atoms with van der Waals surface area (Å²) in [6, 6.07) is 10.3. The average molecular weight is 229 g/mol. The van der Waals surface area contributed by atoms with Gasteiger partial charge in [0.05, 0.1) is 5.69 Å². The van der Waals surface area contributed by atoms with Crippen LogP contribution in [0, 0.1) is 11.3 Å². The van der Waals surface area contributed by atoms with Crippen LogP contribution in [0.3, 0.4) is 0 Å². The fourth-order valence-corrected chi connectivity index (χ4v) is 2.61. The SMILES string of the molecule is CC(C)(C)C1CCC(=Nc2ccccc2)CC1. The molecule has 1 aromatic carbocycles. The minimum atomic E-state index is 0.457. The molecule has 1 nitrogen and oxygen atoms in total. The summed E-state index contributed by atoms with van der Waals surface area (Å²) in [5, 5.41) is 0. The van der Waals surface area contributed by atoms with Crippen molar-refractivity contribution in [3.8, 4) is 0 Å². The van der Waals surface area contributed by atoms with Crippen molar-refractivity contribution >= 4 is 11.4 Å². The molecular weight excluding hydrogens is 206 g/mol. The lowest BCUT2D eigenvalue weighted by Crippen LogP contribution is -2.25. The number of nitrogens with zero attached hydrogens (tertiary/aromatic N) is 1. The second-order valence-corrected chi connectivity index (χ2v) is 6.15. The third-order valence-electron chi connectivity index (χ3n) is 3.83. The van der Waals surface area contributed by atoms with Crippen molar-refractivity contribution in [3.05, 3.63) is 30.3 Å². The Hall–Kier alpha value is -1.11. The van der Waals surface area contributed by atoms with Crippen LogP contribution in [0.25, 0.3) is 0 Å². The average Bonchev–Trinajstić information content (AvgIpc) is 2.30. The topological polar surface area (TPSA) is 12.4 Å². The van der Waals surface area contributed by atoms with Crippen LogP contribution in [0.5, 0.6) is 0 Å². The van der Waals surface area contributed by atoms with E-state index in [2.05, 4.69) is 45.0 Å². The molecule has 0 bridgehead atoms. The van der Waals surface area contributed by atoms with Crippen LogP contribution in [0.1, 0.15) is 46.5 Å². The Kier molecular flexibility index (Phi) is 3.66. The van der Waals surface area contributed by atoms with Crippen LogP contribution in [-0.4, -0.2) is 5.71 Å². The molecule has 1 heteroatoms. The van der Waals surface area contributed by atoms with Crippen LogP contribution in [0.4, 0.5) is 5.69 Å². The van der Waals surface area contributed by atoms with Crippen molar-refractivity contribution in [1.29, 1.82) is 0 Å². The van der Waals surface area contributed by atoms with Gasteiger partial charge in [-0.05, 0) is 49.1 Å². The van der Waals surface area contributed by atoms with Crippen molar-refractivity contribution in [2.45, 2.75) is 46.5 Å². The number of hydrogen-bond donors (Lipinski definition) is 0. The summed E-state index contributed by atoms with van der Waals surface area (Å²) in [5.74, 6) is 0.859.